The van der Waals surface area contributed by atoms with Crippen molar-refractivity contribution in [3.8, 4) is 17.1 Å². The number of rotatable bonds is 4. The van der Waals surface area contributed by atoms with Gasteiger partial charge in [0.2, 0.25) is 0 Å². The molecular formula is C19H18N4O2S. The standard InChI is InChI=1S/C19H18N4O2S/c1-11-5-4-6-20-17(11)15-9-16(26-23-15)19(25)22-21-10-14-7-12(2)18(24)13(3)8-14/h4-10,24H,1-3H3,(H,22,25)/b21-10+. The summed E-state index contributed by atoms with van der Waals surface area (Å²) in [6.07, 6.45) is 3.25. The molecule has 0 bridgehead atoms. The lowest BCUT2D eigenvalue weighted by molar-refractivity contribution is 0.0959. The van der Waals surface area contributed by atoms with Gasteiger partial charge in [-0.2, -0.15) is 9.47 Å². The number of pyridine rings is 1. The molecule has 2 aromatic heterocycles. The number of nitrogens with one attached hydrogen (secondary N) is 1. The van der Waals surface area contributed by atoms with Gasteiger partial charge in [-0.05, 0) is 78.8 Å². The van der Waals surface area contributed by atoms with Crippen molar-refractivity contribution in [1.29, 1.82) is 0 Å². The zero-order chi connectivity index (χ0) is 18.7. The maximum atomic E-state index is 12.2. The highest BCUT2D eigenvalue weighted by molar-refractivity contribution is 7.08. The Morgan fingerprint density at radius 1 is 1.19 bits per heavy atom. The van der Waals surface area contributed by atoms with E-state index >= 15 is 0 Å². The molecule has 2 N–H and O–H groups in total. The number of carbonyl (C=O) groups is 1. The van der Waals surface area contributed by atoms with Crippen LogP contribution in [0.5, 0.6) is 5.75 Å². The number of phenols is 1. The molecule has 0 saturated carbocycles. The fourth-order valence-corrected chi connectivity index (χ4v) is 3.16. The van der Waals surface area contributed by atoms with Crippen molar-refractivity contribution in [2.75, 3.05) is 0 Å². The lowest BCUT2D eigenvalue weighted by Crippen LogP contribution is -2.16. The summed E-state index contributed by atoms with van der Waals surface area (Å²) < 4.78 is 4.31. The number of nitrogens with zero attached hydrogens (tertiary/aromatic N) is 3. The summed E-state index contributed by atoms with van der Waals surface area (Å²) in [5.74, 6) is -0.0565. The number of amides is 1. The molecule has 1 amide bonds. The molecule has 0 atom stereocenters. The fraction of sp³-hybridized carbons (Fsp3) is 0.158. The van der Waals surface area contributed by atoms with Crippen LogP contribution in [0.25, 0.3) is 11.4 Å². The van der Waals surface area contributed by atoms with E-state index in [4.69, 9.17) is 0 Å². The second-order valence-corrected chi connectivity index (χ2v) is 6.75. The van der Waals surface area contributed by atoms with Gasteiger partial charge in [0.1, 0.15) is 16.3 Å². The Hall–Kier alpha value is -3.06. The van der Waals surface area contributed by atoms with Gasteiger partial charge in [-0.15, -0.1) is 0 Å². The molecule has 3 rings (SSSR count). The van der Waals surface area contributed by atoms with Gasteiger partial charge in [-0.3, -0.25) is 9.78 Å². The summed E-state index contributed by atoms with van der Waals surface area (Å²) in [6, 6.07) is 9.12. The number of phenolic OH excluding ortho intramolecular Hbond substituents is 1. The maximum absolute atomic E-state index is 12.2. The van der Waals surface area contributed by atoms with Gasteiger partial charge in [-0.25, -0.2) is 5.43 Å². The Morgan fingerprint density at radius 3 is 2.62 bits per heavy atom. The highest BCUT2D eigenvalue weighted by Gasteiger charge is 2.13. The number of carbonyl (C=O) groups excluding carboxylic acids is 1. The van der Waals surface area contributed by atoms with Crippen molar-refractivity contribution >= 4 is 23.7 Å². The van der Waals surface area contributed by atoms with E-state index < -0.39 is 0 Å². The summed E-state index contributed by atoms with van der Waals surface area (Å²) in [6.45, 7) is 5.58. The van der Waals surface area contributed by atoms with Crippen LogP contribution in [0.3, 0.4) is 0 Å². The predicted octanol–water partition coefficient (Wildman–Crippen LogP) is 3.60. The lowest BCUT2D eigenvalue weighted by Gasteiger charge is -2.04. The van der Waals surface area contributed by atoms with E-state index in [2.05, 4.69) is 19.9 Å². The average Bonchev–Trinajstić information content (AvgIpc) is 3.10. The van der Waals surface area contributed by atoms with Crippen LogP contribution in [0.2, 0.25) is 0 Å². The number of benzene rings is 1. The van der Waals surface area contributed by atoms with E-state index in [0.29, 0.717) is 10.6 Å². The number of hydrogen-bond donors (Lipinski definition) is 2. The molecule has 6 nitrogen and oxygen atoms in total. The number of hydrogen-bond acceptors (Lipinski definition) is 6. The lowest BCUT2D eigenvalue weighted by atomic mass is 10.1. The van der Waals surface area contributed by atoms with E-state index in [1.165, 1.54) is 0 Å². The summed E-state index contributed by atoms with van der Waals surface area (Å²) in [7, 11) is 0. The van der Waals surface area contributed by atoms with Gasteiger partial charge in [0.15, 0.2) is 0 Å². The van der Waals surface area contributed by atoms with Crippen molar-refractivity contribution in [1.82, 2.24) is 14.8 Å². The molecule has 7 heteroatoms. The maximum Gasteiger partial charge on any atom is 0.283 e. The molecule has 3 aromatic rings. The normalized spacial score (nSPS) is 11.0. The van der Waals surface area contributed by atoms with E-state index in [9.17, 15) is 9.90 Å². The van der Waals surface area contributed by atoms with E-state index in [1.54, 1.807) is 30.6 Å². The molecule has 0 aliphatic rings. The minimum absolute atomic E-state index is 0.271. The SMILES string of the molecule is Cc1cccnc1-c1cc(C(=O)N/N=C/c2cc(C)c(O)c(C)c2)sn1. The highest BCUT2D eigenvalue weighted by atomic mass is 32.1. The molecular weight excluding hydrogens is 348 g/mol. The molecule has 0 unspecified atom stereocenters. The molecule has 1 aromatic carbocycles. The predicted molar refractivity (Wildman–Crippen MR) is 103 cm³/mol. The second kappa shape index (κ2) is 7.45. The Kier molecular flexibility index (Phi) is 5.09. The zero-order valence-electron chi connectivity index (χ0n) is 14.6. The number of hydrazone groups is 1. The molecule has 0 saturated heterocycles. The summed E-state index contributed by atoms with van der Waals surface area (Å²) in [4.78, 5) is 17.0. The molecule has 0 spiro atoms. The van der Waals surface area contributed by atoms with Crippen LogP contribution in [0.15, 0.2) is 41.6 Å². The van der Waals surface area contributed by atoms with Gasteiger partial charge in [-0.1, -0.05) is 6.07 Å². The molecule has 26 heavy (non-hydrogen) atoms. The first-order chi connectivity index (χ1) is 12.5. The van der Waals surface area contributed by atoms with Crippen LogP contribution < -0.4 is 5.43 Å². The number of aromatic nitrogens is 2. The minimum Gasteiger partial charge on any atom is -0.507 e. The smallest absolute Gasteiger partial charge is 0.283 e. The Labute approximate surface area is 155 Å². The largest absolute Gasteiger partial charge is 0.507 e. The highest BCUT2D eigenvalue weighted by Crippen LogP contribution is 2.23. The number of aryl methyl sites for hydroxylation is 3. The monoisotopic (exact) mass is 366 g/mol. The van der Waals surface area contributed by atoms with Crippen molar-refractivity contribution in [2.24, 2.45) is 5.10 Å². The topological polar surface area (TPSA) is 87.5 Å². The molecule has 0 aliphatic carbocycles. The van der Waals surface area contributed by atoms with Crippen LogP contribution in [0.4, 0.5) is 0 Å². The van der Waals surface area contributed by atoms with Gasteiger partial charge >= 0.3 is 0 Å². The zero-order valence-corrected chi connectivity index (χ0v) is 15.5. The van der Waals surface area contributed by atoms with E-state index in [-0.39, 0.29) is 11.7 Å². The quantitative estimate of drug-likeness (QED) is 0.545. The first-order valence-electron chi connectivity index (χ1n) is 7.98. The minimum atomic E-state index is -0.328. The van der Waals surface area contributed by atoms with Crippen molar-refractivity contribution in [3.05, 3.63) is 63.7 Å². The van der Waals surface area contributed by atoms with Crippen LogP contribution >= 0.6 is 11.5 Å². The van der Waals surface area contributed by atoms with Crippen LogP contribution in [-0.2, 0) is 0 Å². The summed E-state index contributed by atoms with van der Waals surface area (Å²) >= 11 is 1.11. The van der Waals surface area contributed by atoms with Crippen molar-refractivity contribution in [2.45, 2.75) is 20.8 Å². The van der Waals surface area contributed by atoms with Gasteiger partial charge in [0.05, 0.1) is 11.9 Å². The number of aromatic hydroxyl groups is 1. The van der Waals surface area contributed by atoms with Crippen molar-refractivity contribution in [3.63, 3.8) is 0 Å². The summed E-state index contributed by atoms with van der Waals surface area (Å²) in [5.41, 5.74) is 7.26. The molecule has 0 radical (unpaired) electrons. The third-order valence-corrected chi connectivity index (χ3v) is 4.67. The third-order valence-electron chi connectivity index (χ3n) is 3.88. The fourth-order valence-electron chi connectivity index (χ4n) is 2.53. The van der Waals surface area contributed by atoms with Gasteiger partial charge < -0.3 is 5.11 Å². The first kappa shape index (κ1) is 17.8. The van der Waals surface area contributed by atoms with Crippen LogP contribution in [0.1, 0.15) is 31.9 Å². The molecule has 0 aliphatic heterocycles. The van der Waals surface area contributed by atoms with Gasteiger partial charge in [0.25, 0.3) is 5.91 Å². The Bertz CT molecular complexity index is 972. The Balaban J connectivity index is 1.70. The van der Waals surface area contributed by atoms with E-state index in [1.807, 2.05) is 32.9 Å². The van der Waals surface area contributed by atoms with Crippen molar-refractivity contribution < 1.29 is 9.90 Å². The second-order valence-electron chi connectivity index (χ2n) is 5.95. The molecule has 2 heterocycles. The summed E-state index contributed by atoms with van der Waals surface area (Å²) in [5, 5.41) is 13.8. The average molecular weight is 366 g/mol. The Morgan fingerprint density at radius 2 is 1.92 bits per heavy atom. The van der Waals surface area contributed by atoms with Gasteiger partial charge in [0, 0.05) is 6.20 Å². The van der Waals surface area contributed by atoms with E-state index in [0.717, 1.165) is 39.5 Å². The first-order valence-corrected chi connectivity index (χ1v) is 8.75. The third kappa shape index (κ3) is 3.78. The molecule has 132 valence electrons. The van der Waals surface area contributed by atoms with Crippen LogP contribution in [-0.4, -0.2) is 26.6 Å². The molecule has 0 fully saturated rings. The van der Waals surface area contributed by atoms with Crippen LogP contribution in [0, 0.1) is 20.8 Å².